The summed E-state index contributed by atoms with van der Waals surface area (Å²) < 4.78 is 4.10. The third-order valence-electron chi connectivity index (χ3n) is 4.15. The van der Waals surface area contributed by atoms with Gasteiger partial charge in [0, 0.05) is 25.2 Å². The van der Waals surface area contributed by atoms with Crippen LogP contribution < -0.4 is 16.4 Å². The maximum atomic E-state index is 11.6. The minimum absolute atomic E-state index is 0.258. The number of fused-ring (bicyclic) bond motifs is 1. The van der Waals surface area contributed by atoms with Gasteiger partial charge in [-0.2, -0.15) is 4.37 Å². The van der Waals surface area contributed by atoms with Crippen molar-refractivity contribution in [3.8, 4) is 0 Å². The van der Waals surface area contributed by atoms with Gasteiger partial charge in [0.2, 0.25) is 0 Å². The Morgan fingerprint density at radius 3 is 3.00 bits per heavy atom. The Balaban J connectivity index is 1.91. The van der Waals surface area contributed by atoms with E-state index in [-0.39, 0.29) is 5.82 Å². The van der Waals surface area contributed by atoms with E-state index in [0.717, 1.165) is 18.1 Å². The smallest absolute Gasteiger partial charge is 0.255 e. The third kappa shape index (κ3) is 2.06. The first-order valence-corrected chi connectivity index (χ1v) is 7.41. The molecule has 0 bridgehead atoms. The lowest BCUT2D eigenvalue weighted by molar-refractivity contribution is 0.100. The number of nitrogens with two attached hydrogens (primary N) is 2. The maximum Gasteiger partial charge on any atom is 0.255 e. The van der Waals surface area contributed by atoms with E-state index >= 15 is 0 Å². The summed E-state index contributed by atoms with van der Waals surface area (Å²) in [4.78, 5) is 16.3. The normalized spacial score (nSPS) is 27.5. The van der Waals surface area contributed by atoms with E-state index in [0.29, 0.717) is 17.6 Å². The fourth-order valence-electron chi connectivity index (χ4n) is 3.19. The van der Waals surface area contributed by atoms with Crippen molar-refractivity contribution >= 4 is 28.3 Å². The minimum atomic E-state index is -0.484. The summed E-state index contributed by atoms with van der Waals surface area (Å²) in [6.45, 7) is 5.33. The van der Waals surface area contributed by atoms with Crippen LogP contribution in [-0.2, 0) is 0 Å². The number of hydrogen-bond donors (Lipinski definition) is 2. The summed E-state index contributed by atoms with van der Waals surface area (Å²) >= 11 is 1.28. The molecule has 3 heterocycles. The molecule has 7 heteroatoms. The van der Waals surface area contributed by atoms with Gasteiger partial charge in [0.15, 0.2) is 5.82 Å². The zero-order valence-electron chi connectivity index (χ0n) is 11.0. The van der Waals surface area contributed by atoms with Crippen LogP contribution in [0.2, 0.25) is 0 Å². The highest BCUT2D eigenvalue weighted by Gasteiger charge is 2.36. The Kier molecular flexibility index (Phi) is 3.10. The number of anilines is 2. The second-order valence-corrected chi connectivity index (χ2v) is 6.16. The molecule has 19 heavy (non-hydrogen) atoms. The Morgan fingerprint density at radius 1 is 1.47 bits per heavy atom. The average molecular weight is 281 g/mol. The van der Waals surface area contributed by atoms with Gasteiger partial charge in [0.05, 0.1) is 0 Å². The van der Waals surface area contributed by atoms with Gasteiger partial charge in [-0.25, -0.2) is 0 Å². The van der Waals surface area contributed by atoms with Crippen molar-refractivity contribution in [2.24, 2.45) is 5.73 Å². The molecule has 2 unspecified atom stereocenters. The predicted octanol–water partition coefficient (Wildman–Crippen LogP) is 0.497. The Morgan fingerprint density at radius 2 is 2.26 bits per heavy atom. The zero-order chi connectivity index (χ0) is 13.6. The largest absolute Gasteiger partial charge is 0.382 e. The molecule has 0 aliphatic carbocycles. The second-order valence-electron chi connectivity index (χ2n) is 5.40. The molecule has 2 atom stereocenters. The molecule has 0 radical (unpaired) electrons. The lowest BCUT2D eigenvalue weighted by Crippen LogP contribution is -2.55. The molecular weight excluding hydrogens is 262 g/mol. The molecule has 1 aromatic rings. The Bertz CT molecular complexity index is 502. The van der Waals surface area contributed by atoms with Crippen LogP contribution in [0, 0.1) is 0 Å². The molecule has 6 nitrogen and oxygen atoms in total. The number of aromatic nitrogens is 1. The number of nitrogen functional groups attached to an aromatic ring is 1. The summed E-state index contributed by atoms with van der Waals surface area (Å²) in [7, 11) is 0. The molecule has 1 amide bonds. The highest BCUT2D eigenvalue weighted by atomic mass is 32.1. The van der Waals surface area contributed by atoms with E-state index in [1.807, 2.05) is 0 Å². The van der Waals surface area contributed by atoms with E-state index in [2.05, 4.69) is 21.1 Å². The Labute approximate surface area is 116 Å². The van der Waals surface area contributed by atoms with Crippen LogP contribution in [0.3, 0.4) is 0 Å². The molecule has 0 aromatic carbocycles. The molecule has 0 saturated carbocycles. The molecule has 1 aromatic heterocycles. The van der Waals surface area contributed by atoms with E-state index in [9.17, 15) is 4.79 Å². The molecule has 104 valence electrons. The van der Waals surface area contributed by atoms with E-state index in [4.69, 9.17) is 11.5 Å². The minimum Gasteiger partial charge on any atom is -0.382 e. The van der Waals surface area contributed by atoms with Crippen molar-refractivity contribution in [1.82, 2.24) is 9.27 Å². The van der Waals surface area contributed by atoms with Crippen LogP contribution in [-0.4, -0.2) is 46.9 Å². The van der Waals surface area contributed by atoms with Gasteiger partial charge in [-0.1, -0.05) is 0 Å². The van der Waals surface area contributed by atoms with Crippen molar-refractivity contribution in [2.75, 3.05) is 30.3 Å². The van der Waals surface area contributed by atoms with E-state index in [1.165, 1.54) is 30.9 Å². The fraction of sp³-hybridized carbons (Fsp3) is 0.667. The van der Waals surface area contributed by atoms with Gasteiger partial charge in [0.25, 0.3) is 5.91 Å². The van der Waals surface area contributed by atoms with Crippen LogP contribution in [0.15, 0.2) is 0 Å². The number of hydrogen-bond acceptors (Lipinski definition) is 6. The first-order chi connectivity index (χ1) is 9.08. The van der Waals surface area contributed by atoms with Crippen LogP contribution in [0.5, 0.6) is 0 Å². The van der Waals surface area contributed by atoms with Gasteiger partial charge < -0.3 is 16.4 Å². The van der Waals surface area contributed by atoms with Crippen LogP contribution in [0.4, 0.5) is 10.8 Å². The van der Waals surface area contributed by atoms with E-state index < -0.39 is 5.91 Å². The summed E-state index contributed by atoms with van der Waals surface area (Å²) in [6.07, 6.45) is 2.49. The van der Waals surface area contributed by atoms with Gasteiger partial charge in [-0.3, -0.25) is 9.69 Å². The number of piperazine rings is 1. The zero-order valence-corrected chi connectivity index (χ0v) is 11.8. The molecule has 2 fully saturated rings. The third-order valence-corrected chi connectivity index (χ3v) is 5.04. The monoisotopic (exact) mass is 281 g/mol. The van der Waals surface area contributed by atoms with Crippen LogP contribution in [0.25, 0.3) is 0 Å². The number of rotatable bonds is 2. The first kappa shape index (κ1) is 12.7. The highest BCUT2D eigenvalue weighted by molar-refractivity contribution is 7.11. The highest BCUT2D eigenvalue weighted by Crippen LogP contribution is 2.35. The lowest BCUT2D eigenvalue weighted by Gasteiger charge is -2.43. The standard InChI is InChI=1S/C12H19N5OS/c1-7-5-16-4-2-3-8(16)6-17(7)12-9(11(14)18)10(13)15-19-12/h7-8H,2-6H2,1H3,(H2,13,15)(H2,14,18). The quantitative estimate of drug-likeness (QED) is 0.824. The van der Waals surface area contributed by atoms with Crippen LogP contribution >= 0.6 is 11.5 Å². The van der Waals surface area contributed by atoms with Crippen molar-refractivity contribution in [2.45, 2.75) is 31.8 Å². The number of primary amides is 1. The Hall–Kier alpha value is -1.34. The van der Waals surface area contributed by atoms with Crippen molar-refractivity contribution < 1.29 is 4.79 Å². The fourth-order valence-corrected chi connectivity index (χ4v) is 4.12. The van der Waals surface area contributed by atoms with Crippen molar-refractivity contribution in [1.29, 1.82) is 0 Å². The topological polar surface area (TPSA) is 88.5 Å². The van der Waals surface area contributed by atoms with Gasteiger partial charge >= 0.3 is 0 Å². The van der Waals surface area contributed by atoms with Gasteiger partial charge in [0.1, 0.15) is 10.6 Å². The lowest BCUT2D eigenvalue weighted by atomic mass is 10.1. The summed E-state index contributed by atoms with van der Waals surface area (Å²) in [5.41, 5.74) is 11.6. The summed E-state index contributed by atoms with van der Waals surface area (Å²) in [5, 5.41) is 0.837. The van der Waals surface area contributed by atoms with Crippen LogP contribution in [0.1, 0.15) is 30.1 Å². The SMILES string of the molecule is CC1CN2CCCC2CN1c1snc(N)c1C(N)=O. The molecule has 3 rings (SSSR count). The van der Waals surface area contributed by atoms with Gasteiger partial charge in [-0.05, 0) is 37.8 Å². The summed E-state index contributed by atoms with van der Waals surface area (Å²) in [5.74, 6) is -0.226. The number of carbonyl (C=O) groups excluding carboxylic acids is 1. The molecular formula is C12H19N5OS. The molecule has 2 saturated heterocycles. The van der Waals surface area contributed by atoms with Crippen molar-refractivity contribution in [3.63, 3.8) is 0 Å². The average Bonchev–Trinajstić information content (AvgIpc) is 2.93. The van der Waals surface area contributed by atoms with Gasteiger partial charge in [-0.15, -0.1) is 0 Å². The number of nitrogens with zero attached hydrogens (tertiary/aromatic N) is 3. The summed E-state index contributed by atoms with van der Waals surface area (Å²) in [6, 6.07) is 0.938. The predicted molar refractivity (Wildman–Crippen MR) is 76.4 cm³/mol. The second kappa shape index (κ2) is 4.64. The molecule has 0 spiro atoms. The number of amides is 1. The molecule has 4 N–H and O–H groups in total. The maximum absolute atomic E-state index is 11.6. The van der Waals surface area contributed by atoms with Crippen molar-refractivity contribution in [3.05, 3.63) is 5.56 Å². The molecule has 2 aliphatic rings. The number of carbonyl (C=O) groups is 1. The van der Waals surface area contributed by atoms with E-state index in [1.54, 1.807) is 0 Å². The molecule has 2 aliphatic heterocycles. The first-order valence-electron chi connectivity index (χ1n) is 6.63.